The van der Waals surface area contributed by atoms with Gasteiger partial charge in [-0.05, 0) is 53.1 Å². The molecular formula is C36H32ClNO4S. The van der Waals surface area contributed by atoms with E-state index in [1.807, 2.05) is 72.8 Å². The van der Waals surface area contributed by atoms with Gasteiger partial charge >= 0.3 is 0 Å². The van der Waals surface area contributed by atoms with Crippen LogP contribution >= 0.6 is 22.9 Å². The van der Waals surface area contributed by atoms with E-state index in [0.29, 0.717) is 26.2 Å². The van der Waals surface area contributed by atoms with E-state index in [1.165, 1.54) is 4.88 Å². The second kappa shape index (κ2) is 13.8. The zero-order valence-corrected chi connectivity index (χ0v) is 25.2. The summed E-state index contributed by atoms with van der Waals surface area (Å²) < 4.78 is 20.0. The summed E-state index contributed by atoms with van der Waals surface area (Å²) in [6.07, 6.45) is 0.671. The average Bonchev–Trinajstić information content (AvgIpc) is 3.61. The molecule has 2 heterocycles. The molecule has 0 radical (unpaired) electrons. The van der Waals surface area contributed by atoms with E-state index in [2.05, 4.69) is 46.3 Å². The number of benzene rings is 4. The average molecular weight is 610 g/mol. The Morgan fingerprint density at radius 3 is 2.00 bits per heavy atom. The van der Waals surface area contributed by atoms with Gasteiger partial charge in [-0.15, -0.1) is 11.3 Å². The van der Waals surface area contributed by atoms with E-state index in [4.69, 9.17) is 30.9 Å². The van der Waals surface area contributed by atoms with Crippen LogP contribution in [0.1, 0.15) is 27.3 Å². The highest BCUT2D eigenvalue weighted by molar-refractivity contribution is 7.10. The molecule has 0 atom stereocenters. The van der Waals surface area contributed by atoms with Crippen molar-refractivity contribution in [3.8, 4) is 17.2 Å². The molecule has 4 aromatic carbocycles. The number of fused-ring (bicyclic) bond motifs is 1. The Kier molecular flexibility index (Phi) is 9.28. The molecule has 6 rings (SSSR count). The Morgan fingerprint density at radius 1 is 0.674 bits per heavy atom. The fourth-order valence-electron chi connectivity index (χ4n) is 5.00. The Morgan fingerprint density at radius 2 is 1.33 bits per heavy atom. The molecule has 0 fully saturated rings. The molecule has 0 aliphatic rings. The highest BCUT2D eigenvalue weighted by Crippen LogP contribution is 2.37. The predicted molar refractivity (Wildman–Crippen MR) is 174 cm³/mol. The lowest BCUT2D eigenvalue weighted by Gasteiger charge is -2.12. The van der Waals surface area contributed by atoms with Crippen LogP contribution in [0.2, 0.25) is 5.02 Å². The van der Waals surface area contributed by atoms with Gasteiger partial charge in [0, 0.05) is 34.3 Å². The maximum absolute atomic E-state index is 9.07. The summed E-state index contributed by atoms with van der Waals surface area (Å²) in [7, 11) is 0. The SMILES string of the molecule is OCCOc1ccc(Cn2c(Cc3cc(OCc4ccccc4)cs3)c(Cl)c3cc(OCc4ccccc4)ccc32)cc1. The third kappa shape index (κ3) is 7.23. The molecule has 0 aliphatic carbocycles. The number of hydrogen-bond donors (Lipinski definition) is 1. The van der Waals surface area contributed by atoms with Crippen LogP contribution in [-0.4, -0.2) is 22.9 Å². The molecule has 0 aliphatic heterocycles. The first-order valence-electron chi connectivity index (χ1n) is 14.2. The smallest absolute Gasteiger partial charge is 0.130 e. The molecule has 218 valence electrons. The topological polar surface area (TPSA) is 52.9 Å². The van der Waals surface area contributed by atoms with Crippen molar-refractivity contribution in [2.75, 3.05) is 13.2 Å². The molecular weight excluding hydrogens is 578 g/mol. The van der Waals surface area contributed by atoms with Gasteiger partial charge in [0.1, 0.15) is 37.1 Å². The number of thiophene rings is 1. The highest BCUT2D eigenvalue weighted by atomic mass is 35.5. The standard InChI is InChI=1S/C36H32ClNO4S/c37-36-33-20-30(41-23-27-7-3-1-4-8-27)15-16-34(33)38(22-26-11-13-29(14-12-26)40-18-17-39)35(36)21-32-19-31(25-43-32)42-24-28-9-5-2-6-10-28/h1-16,19-20,25,39H,17-18,21-24H2. The first kappa shape index (κ1) is 28.9. The number of aliphatic hydroxyl groups is 1. The van der Waals surface area contributed by atoms with E-state index in [-0.39, 0.29) is 13.2 Å². The number of aliphatic hydroxyl groups excluding tert-OH is 1. The van der Waals surface area contributed by atoms with Crippen LogP contribution in [0.3, 0.4) is 0 Å². The summed E-state index contributed by atoms with van der Waals surface area (Å²) in [4.78, 5) is 1.17. The van der Waals surface area contributed by atoms with E-state index >= 15 is 0 Å². The lowest BCUT2D eigenvalue weighted by atomic mass is 10.2. The van der Waals surface area contributed by atoms with Gasteiger partial charge in [-0.2, -0.15) is 0 Å². The van der Waals surface area contributed by atoms with Gasteiger partial charge in [0.15, 0.2) is 0 Å². The Hall–Kier alpha value is -4.23. The molecule has 5 nitrogen and oxygen atoms in total. The van der Waals surface area contributed by atoms with Gasteiger partial charge < -0.3 is 23.9 Å². The Bertz CT molecular complexity index is 1760. The second-order valence-electron chi connectivity index (χ2n) is 10.2. The molecule has 2 aromatic heterocycles. The summed E-state index contributed by atoms with van der Waals surface area (Å²) >= 11 is 8.82. The molecule has 6 aromatic rings. The second-order valence-corrected chi connectivity index (χ2v) is 11.6. The van der Waals surface area contributed by atoms with Gasteiger partial charge in [-0.25, -0.2) is 0 Å². The van der Waals surface area contributed by atoms with E-state index in [9.17, 15) is 0 Å². The van der Waals surface area contributed by atoms with Crippen molar-refractivity contribution in [1.29, 1.82) is 0 Å². The van der Waals surface area contributed by atoms with Crippen LogP contribution in [-0.2, 0) is 26.2 Å². The number of ether oxygens (including phenoxy) is 3. The lowest BCUT2D eigenvalue weighted by Crippen LogP contribution is -2.05. The number of halogens is 1. The van der Waals surface area contributed by atoms with Crippen LogP contribution in [0.15, 0.2) is 115 Å². The quantitative estimate of drug-likeness (QED) is 0.143. The van der Waals surface area contributed by atoms with Gasteiger partial charge in [0.25, 0.3) is 0 Å². The normalized spacial score (nSPS) is 11.1. The first-order chi connectivity index (χ1) is 21.2. The van der Waals surface area contributed by atoms with E-state index < -0.39 is 0 Å². The molecule has 43 heavy (non-hydrogen) atoms. The minimum atomic E-state index is -0.0161. The Labute approximate surface area is 260 Å². The fourth-order valence-corrected chi connectivity index (χ4v) is 6.13. The van der Waals surface area contributed by atoms with Crippen molar-refractivity contribution < 1.29 is 19.3 Å². The molecule has 0 spiro atoms. The van der Waals surface area contributed by atoms with Crippen molar-refractivity contribution in [3.63, 3.8) is 0 Å². The minimum Gasteiger partial charge on any atom is -0.491 e. The molecule has 0 bridgehead atoms. The zero-order valence-electron chi connectivity index (χ0n) is 23.6. The fraction of sp³-hybridized carbons (Fsp3) is 0.167. The van der Waals surface area contributed by atoms with Gasteiger partial charge in [-0.3, -0.25) is 0 Å². The summed E-state index contributed by atoms with van der Waals surface area (Å²) in [6, 6.07) is 36.5. The van der Waals surface area contributed by atoms with Crippen LogP contribution in [0.4, 0.5) is 0 Å². The molecule has 0 saturated heterocycles. The largest absolute Gasteiger partial charge is 0.491 e. The van der Waals surface area contributed by atoms with Crippen molar-refractivity contribution in [1.82, 2.24) is 4.57 Å². The molecule has 1 N–H and O–H groups in total. The molecule has 0 unspecified atom stereocenters. The van der Waals surface area contributed by atoms with Gasteiger partial charge in [-0.1, -0.05) is 84.4 Å². The number of rotatable bonds is 13. The minimum absolute atomic E-state index is 0.0161. The Balaban J connectivity index is 1.27. The van der Waals surface area contributed by atoms with Crippen molar-refractivity contribution in [2.24, 2.45) is 0 Å². The van der Waals surface area contributed by atoms with Crippen molar-refractivity contribution >= 4 is 33.8 Å². The maximum Gasteiger partial charge on any atom is 0.130 e. The van der Waals surface area contributed by atoms with Gasteiger partial charge in [0.05, 0.1) is 17.1 Å². The summed E-state index contributed by atoms with van der Waals surface area (Å²) in [6.45, 7) is 1.92. The van der Waals surface area contributed by atoms with Crippen LogP contribution < -0.4 is 14.2 Å². The van der Waals surface area contributed by atoms with Crippen molar-refractivity contribution in [3.05, 3.63) is 147 Å². The number of aromatic nitrogens is 1. The zero-order chi connectivity index (χ0) is 29.4. The summed E-state index contributed by atoms with van der Waals surface area (Å²) in [5, 5.41) is 12.8. The van der Waals surface area contributed by atoms with Crippen LogP contribution in [0, 0.1) is 0 Å². The van der Waals surface area contributed by atoms with Crippen LogP contribution in [0.25, 0.3) is 10.9 Å². The van der Waals surface area contributed by atoms with Crippen molar-refractivity contribution in [2.45, 2.75) is 26.2 Å². The van der Waals surface area contributed by atoms with Crippen LogP contribution in [0.5, 0.6) is 17.2 Å². The third-order valence-electron chi connectivity index (χ3n) is 7.17. The third-order valence-corrected chi connectivity index (χ3v) is 8.50. The lowest BCUT2D eigenvalue weighted by molar-refractivity contribution is 0.201. The summed E-state index contributed by atoms with van der Waals surface area (Å²) in [5.74, 6) is 2.37. The number of nitrogens with zero attached hydrogens (tertiary/aromatic N) is 1. The predicted octanol–water partition coefficient (Wildman–Crippen LogP) is 8.52. The van der Waals surface area contributed by atoms with E-state index in [1.54, 1.807) is 11.3 Å². The molecule has 0 amide bonds. The molecule has 0 saturated carbocycles. The first-order valence-corrected chi connectivity index (χ1v) is 15.5. The monoisotopic (exact) mass is 609 g/mol. The number of hydrogen-bond acceptors (Lipinski definition) is 5. The highest BCUT2D eigenvalue weighted by Gasteiger charge is 2.19. The summed E-state index contributed by atoms with van der Waals surface area (Å²) in [5.41, 5.74) is 5.45. The maximum atomic E-state index is 9.07. The van der Waals surface area contributed by atoms with Gasteiger partial charge in [0.2, 0.25) is 0 Å². The van der Waals surface area contributed by atoms with E-state index in [0.717, 1.165) is 55.6 Å². The molecule has 7 heteroatoms.